The molecule has 96 valence electrons. The summed E-state index contributed by atoms with van der Waals surface area (Å²) in [6.45, 7) is 0. The molecular formula is C14H10F2N2S. The second kappa shape index (κ2) is 5.72. The summed E-state index contributed by atoms with van der Waals surface area (Å²) in [5.41, 5.74) is 0.400. The summed E-state index contributed by atoms with van der Waals surface area (Å²) in [6.07, 6.45) is 1.90. The highest BCUT2D eigenvalue weighted by atomic mass is 32.2. The van der Waals surface area contributed by atoms with Crippen molar-refractivity contribution in [3.05, 3.63) is 53.6 Å². The molecule has 0 aromatic heterocycles. The first-order valence-corrected chi connectivity index (χ1v) is 6.68. The molecule has 2 aromatic carbocycles. The minimum atomic E-state index is -1.13. The maximum absolute atomic E-state index is 13.8. The van der Waals surface area contributed by atoms with Gasteiger partial charge in [0, 0.05) is 4.90 Å². The lowest BCUT2D eigenvalue weighted by molar-refractivity contribution is 0.509. The molecule has 19 heavy (non-hydrogen) atoms. The van der Waals surface area contributed by atoms with Crippen molar-refractivity contribution in [3.63, 3.8) is 0 Å². The van der Waals surface area contributed by atoms with Crippen molar-refractivity contribution < 1.29 is 8.78 Å². The number of halogens is 2. The summed E-state index contributed by atoms with van der Waals surface area (Å²) in [5.74, 6) is -2.18. The number of hydrogen-bond donors (Lipinski definition) is 1. The van der Waals surface area contributed by atoms with Crippen LogP contribution >= 0.6 is 11.8 Å². The van der Waals surface area contributed by atoms with E-state index in [1.165, 1.54) is 23.9 Å². The third kappa shape index (κ3) is 2.69. The fraction of sp³-hybridized carbons (Fsp3) is 0.0714. The number of anilines is 2. The second-order valence-electron chi connectivity index (χ2n) is 3.73. The first kappa shape index (κ1) is 13.4. The number of rotatable bonds is 3. The quantitative estimate of drug-likeness (QED) is 0.849. The van der Waals surface area contributed by atoms with E-state index in [4.69, 9.17) is 5.26 Å². The molecule has 0 heterocycles. The van der Waals surface area contributed by atoms with Gasteiger partial charge in [-0.25, -0.2) is 8.78 Å². The number of hydrogen-bond acceptors (Lipinski definition) is 3. The average Bonchev–Trinajstić information content (AvgIpc) is 2.45. The Morgan fingerprint density at radius 1 is 1.05 bits per heavy atom. The minimum Gasteiger partial charge on any atom is -0.352 e. The maximum Gasteiger partial charge on any atom is 0.183 e. The van der Waals surface area contributed by atoms with Crippen LogP contribution in [0, 0.1) is 23.0 Å². The summed E-state index contributed by atoms with van der Waals surface area (Å²) >= 11 is 1.50. The van der Waals surface area contributed by atoms with Crippen LogP contribution in [0.2, 0.25) is 0 Å². The van der Waals surface area contributed by atoms with E-state index in [-0.39, 0.29) is 11.3 Å². The van der Waals surface area contributed by atoms with Gasteiger partial charge in [0.1, 0.15) is 6.07 Å². The maximum atomic E-state index is 13.8. The van der Waals surface area contributed by atoms with Gasteiger partial charge in [-0.2, -0.15) is 5.26 Å². The Bertz CT molecular complexity index is 650. The highest BCUT2D eigenvalue weighted by molar-refractivity contribution is 7.98. The van der Waals surface area contributed by atoms with Crippen LogP contribution in [0.4, 0.5) is 20.2 Å². The lowest BCUT2D eigenvalue weighted by Gasteiger charge is -2.11. The molecule has 2 aromatic rings. The monoisotopic (exact) mass is 276 g/mol. The van der Waals surface area contributed by atoms with Gasteiger partial charge >= 0.3 is 0 Å². The molecule has 0 bridgehead atoms. The van der Waals surface area contributed by atoms with E-state index in [1.54, 1.807) is 18.2 Å². The molecule has 0 saturated carbocycles. The molecule has 0 spiro atoms. The summed E-state index contributed by atoms with van der Waals surface area (Å²) in [5, 5.41) is 11.5. The van der Waals surface area contributed by atoms with Crippen LogP contribution in [0.15, 0.2) is 41.3 Å². The first-order valence-electron chi connectivity index (χ1n) is 5.45. The van der Waals surface area contributed by atoms with Crippen molar-refractivity contribution >= 4 is 23.1 Å². The molecule has 0 aliphatic carbocycles. The third-order valence-electron chi connectivity index (χ3n) is 2.58. The highest BCUT2D eigenvalue weighted by Crippen LogP contribution is 2.30. The first-order chi connectivity index (χ1) is 9.17. The summed E-state index contributed by atoms with van der Waals surface area (Å²) in [6, 6.07) is 11.5. The number of para-hydroxylation sites is 1. The van der Waals surface area contributed by atoms with Crippen molar-refractivity contribution in [2.45, 2.75) is 4.90 Å². The Labute approximate surface area is 114 Å². The van der Waals surface area contributed by atoms with Crippen LogP contribution in [0.1, 0.15) is 5.56 Å². The van der Waals surface area contributed by atoms with E-state index in [9.17, 15) is 8.78 Å². The Hall–Kier alpha value is -2.06. The summed E-state index contributed by atoms with van der Waals surface area (Å²) in [4.78, 5) is 0.923. The zero-order valence-electron chi connectivity index (χ0n) is 10.1. The van der Waals surface area contributed by atoms with Crippen LogP contribution in [0.3, 0.4) is 0 Å². The lowest BCUT2D eigenvalue weighted by Crippen LogP contribution is -1.99. The zero-order chi connectivity index (χ0) is 13.8. The van der Waals surface area contributed by atoms with Crippen molar-refractivity contribution in [1.82, 2.24) is 0 Å². The van der Waals surface area contributed by atoms with Gasteiger partial charge in [-0.05, 0) is 30.5 Å². The number of nitrogens with zero attached hydrogens (tertiary/aromatic N) is 1. The van der Waals surface area contributed by atoms with Gasteiger partial charge in [0.05, 0.1) is 16.9 Å². The van der Waals surface area contributed by atoms with Crippen LogP contribution < -0.4 is 5.32 Å². The molecule has 5 heteroatoms. The molecule has 0 aliphatic heterocycles. The molecular weight excluding hydrogens is 266 g/mol. The van der Waals surface area contributed by atoms with Crippen LogP contribution in [0.25, 0.3) is 0 Å². The van der Waals surface area contributed by atoms with E-state index in [1.807, 2.05) is 18.4 Å². The molecule has 0 fully saturated rings. The van der Waals surface area contributed by atoms with Crippen LogP contribution in [-0.2, 0) is 0 Å². The van der Waals surface area contributed by atoms with Gasteiger partial charge in [0.15, 0.2) is 11.6 Å². The topological polar surface area (TPSA) is 35.8 Å². The Morgan fingerprint density at radius 3 is 2.47 bits per heavy atom. The predicted octanol–water partition coefficient (Wildman–Crippen LogP) is 4.30. The second-order valence-corrected chi connectivity index (χ2v) is 4.57. The Kier molecular flexibility index (Phi) is 4.03. The van der Waals surface area contributed by atoms with Gasteiger partial charge in [0.2, 0.25) is 0 Å². The SMILES string of the molecule is CSc1ccccc1Nc1ccc(C#N)c(F)c1F. The van der Waals surface area contributed by atoms with Gasteiger partial charge in [0.25, 0.3) is 0 Å². The number of nitriles is 1. The molecule has 0 radical (unpaired) electrons. The Morgan fingerprint density at radius 2 is 1.79 bits per heavy atom. The number of nitrogens with one attached hydrogen (secondary N) is 1. The van der Waals surface area contributed by atoms with E-state index < -0.39 is 11.6 Å². The lowest BCUT2D eigenvalue weighted by atomic mass is 10.2. The predicted molar refractivity (Wildman–Crippen MR) is 72.6 cm³/mol. The van der Waals surface area contributed by atoms with Gasteiger partial charge < -0.3 is 5.32 Å². The number of benzene rings is 2. The van der Waals surface area contributed by atoms with Gasteiger partial charge in [-0.15, -0.1) is 11.8 Å². The van der Waals surface area contributed by atoms with E-state index >= 15 is 0 Å². The molecule has 2 nitrogen and oxygen atoms in total. The zero-order valence-corrected chi connectivity index (χ0v) is 10.9. The molecule has 0 amide bonds. The van der Waals surface area contributed by atoms with Crippen molar-refractivity contribution in [3.8, 4) is 6.07 Å². The van der Waals surface area contributed by atoms with E-state index in [0.717, 1.165) is 4.90 Å². The molecule has 0 unspecified atom stereocenters. The molecule has 0 aliphatic rings. The van der Waals surface area contributed by atoms with Gasteiger partial charge in [-0.1, -0.05) is 12.1 Å². The van der Waals surface area contributed by atoms with Crippen molar-refractivity contribution in [2.75, 3.05) is 11.6 Å². The molecule has 2 rings (SSSR count). The smallest absolute Gasteiger partial charge is 0.183 e. The summed E-state index contributed by atoms with van der Waals surface area (Å²) < 4.78 is 27.3. The normalized spacial score (nSPS) is 10.0. The third-order valence-corrected chi connectivity index (χ3v) is 3.37. The minimum absolute atomic E-state index is 0.0120. The van der Waals surface area contributed by atoms with Crippen LogP contribution in [-0.4, -0.2) is 6.26 Å². The van der Waals surface area contributed by atoms with E-state index in [0.29, 0.717) is 5.69 Å². The fourth-order valence-electron chi connectivity index (χ4n) is 1.63. The average molecular weight is 276 g/mol. The standard InChI is InChI=1S/C14H10F2N2S/c1-19-12-5-3-2-4-10(12)18-11-7-6-9(8-17)13(15)14(11)16/h2-7,18H,1H3. The van der Waals surface area contributed by atoms with Crippen molar-refractivity contribution in [1.29, 1.82) is 5.26 Å². The number of thioether (sulfide) groups is 1. The Balaban J connectivity index is 2.40. The fourth-order valence-corrected chi connectivity index (χ4v) is 2.18. The molecule has 0 saturated heterocycles. The van der Waals surface area contributed by atoms with Crippen LogP contribution in [0.5, 0.6) is 0 Å². The summed E-state index contributed by atoms with van der Waals surface area (Å²) in [7, 11) is 0. The van der Waals surface area contributed by atoms with E-state index in [2.05, 4.69) is 5.32 Å². The van der Waals surface area contributed by atoms with Gasteiger partial charge in [-0.3, -0.25) is 0 Å². The molecule has 0 atom stereocenters. The largest absolute Gasteiger partial charge is 0.352 e. The molecule has 1 N–H and O–H groups in total. The highest BCUT2D eigenvalue weighted by Gasteiger charge is 2.14. The van der Waals surface area contributed by atoms with Crippen molar-refractivity contribution in [2.24, 2.45) is 0 Å².